The number of rotatable bonds is 8. The van der Waals surface area contributed by atoms with Gasteiger partial charge in [-0.05, 0) is 37.0 Å². The first-order valence-corrected chi connectivity index (χ1v) is 9.81. The molecule has 1 N–H and O–H groups in total. The molecule has 2 heterocycles. The summed E-state index contributed by atoms with van der Waals surface area (Å²) in [6.45, 7) is 0.537. The molecule has 2 aromatic rings. The molecule has 0 aliphatic carbocycles. The molecule has 148 valence electrons. The Bertz CT molecular complexity index is 796. The van der Waals surface area contributed by atoms with Crippen molar-refractivity contribution in [3.63, 3.8) is 0 Å². The Labute approximate surface area is 170 Å². The number of unbranched alkanes of at least 4 members (excludes halogenated alkanes) is 1. The molecule has 28 heavy (non-hydrogen) atoms. The standard InChI is InChI=1S/C22H24ClNO4/c23-19-11-6-5-10-18(19)22-27-15-17(8-3-1-2-4-12-20(25)26)21(28-22)16-9-7-13-24-14-16/h1,3,5-7,9-11,13-14,17,21-22H,2,4,8,12,15H2,(H,25,26)/b3-1-. The van der Waals surface area contributed by atoms with Gasteiger partial charge in [0.25, 0.3) is 0 Å². The highest BCUT2D eigenvalue weighted by Crippen LogP contribution is 2.41. The minimum atomic E-state index is -0.760. The van der Waals surface area contributed by atoms with Crippen LogP contribution in [0.2, 0.25) is 5.02 Å². The highest BCUT2D eigenvalue weighted by atomic mass is 35.5. The Morgan fingerprint density at radius 3 is 2.86 bits per heavy atom. The van der Waals surface area contributed by atoms with Gasteiger partial charge in [-0.25, -0.2) is 0 Å². The van der Waals surface area contributed by atoms with E-state index in [4.69, 9.17) is 26.2 Å². The predicted octanol–water partition coefficient (Wildman–Crippen LogP) is 5.34. The molecule has 1 aliphatic rings. The van der Waals surface area contributed by atoms with Crippen LogP contribution in [0.1, 0.15) is 49.2 Å². The number of carbonyl (C=O) groups is 1. The van der Waals surface area contributed by atoms with Gasteiger partial charge < -0.3 is 14.6 Å². The average Bonchev–Trinajstić information content (AvgIpc) is 2.71. The summed E-state index contributed by atoms with van der Waals surface area (Å²) in [4.78, 5) is 14.8. The molecular weight excluding hydrogens is 378 g/mol. The Morgan fingerprint density at radius 1 is 1.25 bits per heavy atom. The van der Waals surface area contributed by atoms with Crippen molar-refractivity contribution >= 4 is 17.6 Å². The molecule has 1 fully saturated rings. The second-order valence-corrected chi connectivity index (χ2v) is 7.19. The molecule has 5 nitrogen and oxygen atoms in total. The molecule has 1 saturated heterocycles. The molecule has 0 spiro atoms. The van der Waals surface area contributed by atoms with E-state index in [9.17, 15) is 4.79 Å². The number of nitrogens with zero attached hydrogens (tertiary/aromatic N) is 1. The molecule has 3 atom stereocenters. The number of ether oxygens (including phenoxy) is 2. The van der Waals surface area contributed by atoms with Crippen molar-refractivity contribution in [2.75, 3.05) is 6.61 Å². The Kier molecular flexibility index (Phi) is 7.60. The lowest BCUT2D eigenvalue weighted by Gasteiger charge is -2.37. The maximum absolute atomic E-state index is 10.6. The van der Waals surface area contributed by atoms with Crippen molar-refractivity contribution in [3.8, 4) is 0 Å². The van der Waals surface area contributed by atoms with Crippen molar-refractivity contribution < 1.29 is 19.4 Å². The SMILES string of the molecule is O=C(O)CCC/C=C\CC1COC(c2ccccc2Cl)OC1c1cccnc1. The summed E-state index contributed by atoms with van der Waals surface area (Å²) >= 11 is 6.32. The lowest BCUT2D eigenvalue weighted by Crippen LogP contribution is -2.30. The van der Waals surface area contributed by atoms with Gasteiger partial charge in [-0.1, -0.05) is 48.0 Å². The molecule has 0 radical (unpaired) electrons. The van der Waals surface area contributed by atoms with Crippen LogP contribution in [0.3, 0.4) is 0 Å². The maximum Gasteiger partial charge on any atom is 0.303 e. The summed E-state index contributed by atoms with van der Waals surface area (Å²) < 4.78 is 12.3. The van der Waals surface area contributed by atoms with E-state index in [0.717, 1.165) is 24.0 Å². The lowest BCUT2D eigenvalue weighted by molar-refractivity contribution is -0.243. The van der Waals surface area contributed by atoms with Crippen LogP contribution in [-0.2, 0) is 14.3 Å². The first-order valence-electron chi connectivity index (χ1n) is 9.43. The number of allylic oxidation sites excluding steroid dienone is 2. The quantitative estimate of drug-likeness (QED) is 0.477. The van der Waals surface area contributed by atoms with E-state index >= 15 is 0 Å². The summed E-state index contributed by atoms with van der Waals surface area (Å²) in [5.74, 6) is -0.622. The summed E-state index contributed by atoms with van der Waals surface area (Å²) in [6, 6.07) is 11.4. The zero-order valence-electron chi connectivity index (χ0n) is 15.5. The van der Waals surface area contributed by atoms with Gasteiger partial charge in [0.2, 0.25) is 0 Å². The van der Waals surface area contributed by atoms with Crippen LogP contribution in [0.5, 0.6) is 0 Å². The van der Waals surface area contributed by atoms with E-state index in [0.29, 0.717) is 18.1 Å². The number of pyridine rings is 1. The highest BCUT2D eigenvalue weighted by Gasteiger charge is 2.34. The first kappa shape index (κ1) is 20.5. The monoisotopic (exact) mass is 401 g/mol. The fraction of sp³-hybridized carbons (Fsp3) is 0.364. The summed E-state index contributed by atoms with van der Waals surface area (Å²) in [6.07, 6.45) is 9.36. The van der Waals surface area contributed by atoms with Crippen LogP contribution in [0.25, 0.3) is 0 Å². The molecule has 1 aromatic heterocycles. The molecule has 1 aliphatic heterocycles. The van der Waals surface area contributed by atoms with Gasteiger partial charge in [-0.15, -0.1) is 0 Å². The number of hydrogen-bond donors (Lipinski definition) is 1. The van der Waals surface area contributed by atoms with Crippen LogP contribution in [0.15, 0.2) is 60.9 Å². The molecule has 0 saturated carbocycles. The van der Waals surface area contributed by atoms with E-state index in [1.54, 1.807) is 6.20 Å². The van der Waals surface area contributed by atoms with Gasteiger partial charge in [0.15, 0.2) is 6.29 Å². The second-order valence-electron chi connectivity index (χ2n) is 6.78. The summed E-state index contributed by atoms with van der Waals surface area (Å²) in [5, 5.41) is 9.32. The minimum Gasteiger partial charge on any atom is -0.481 e. The van der Waals surface area contributed by atoms with Gasteiger partial charge in [0.1, 0.15) is 0 Å². The summed E-state index contributed by atoms with van der Waals surface area (Å²) in [7, 11) is 0. The van der Waals surface area contributed by atoms with Gasteiger partial charge >= 0.3 is 5.97 Å². The Balaban J connectivity index is 1.67. The molecule has 3 rings (SSSR count). The fourth-order valence-electron chi connectivity index (χ4n) is 3.26. The van der Waals surface area contributed by atoms with E-state index in [2.05, 4.69) is 11.1 Å². The highest BCUT2D eigenvalue weighted by molar-refractivity contribution is 6.31. The maximum atomic E-state index is 10.6. The number of carboxylic acid groups (broad SMARTS) is 1. The van der Waals surface area contributed by atoms with E-state index < -0.39 is 12.3 Å². The lowest BCUT2D eigenvalue weighted by atomic mass is 9.92. The molecule has 3 unspecified atom stereocenters. The fourth-order valence-corrected chi connectivity index (χ4v) is 3.48. The third-order valence-electron chi connectivity index (χ3n) is 4.70. The Hall–Kier alpha value is -2.21. The topological polar surface area (TPSA) is 68.7 Å². The van der Waals surface area contributed by atoms with Crippen molar-refractivity contribution in [1.82, 2.24) is 4.98 Å². The number of hydrogen-bond acceptors (Lipinski definition) is 4. The Morgan fingerprint density at radius 2 is 2.11 bits per heavy atom. The van der Waals surface area contributed by atoms with Crippen molar-refractivity contribution in [3.05, 3.63) is 77.1 Å². The van der Waals surface area contributed by atoms with Crippen molar-refractivity contribution in [1.29, 1.82) is 0 Å². The van der Waals surface area contributed by atoms with E-state index in [1.165, 1.54) is 0 Å². The normalized spacial score (nSPS) is 22.4. The smallest absolute Gasteiger partial charge is 0.303 e. The van der Waals surface area contributed by atoms with Gasteiger partial charge in [-0.3, -0.25) is 9.78 Å². The van der Waals surface area contributed by atoms with Gasteiger partial charge in [-0.2, -0.15) is 0 Å². The van der Waals surface area contributed by atoms with Gasteiger partial charge in [0.05, 0.1) is 12.7 Å². The first-order chi connectivity index (χ1) is 13.6. The zero-order chi connectivity index (χ0) is 19.8. The minimum absolute atomic E-state index is 0.138. The largest absolute Gasteiger partial charge is 0.481 e. The van der Waals surface area contributed by atoms with Crippen LogP contribution in [-0.4, -0.2) is 22.7 Å². The van der Waals surface area contributed by atoms with Crippen LogP contribution in [0, 0.1) is 5.92 Å². The molecule has 6 heteroatoms. The summed E-state index contributed by atoms with van der Waals surface area (Å²) in [5.41, 5.74) is 1.83. The van der Waals surface area contributed by atoms with E-state index in [1.807, 2.05) is 48.7 Å². The number of halogens is 1. The second kappa shape index (κ2) is 10.4. The van der Waals surface area contributed by atoms with Crippen molar-refractivity contribution in [2.24, 2.45) is 5.92 Å². The predicted molar refractivity (Wildman–Crippen MR) is 107 cm³/mol. The van der Waals surface area contributed by atoms with Crippen LogP contribution in [0.4, 0.5) is 0 Å². The molecule has 0 amide bonds. The number of aromatic nitrogens is 1. The zero-order valence-corrected chi connectivity index (χ0v) is 16.3. The van der Waals surface area contributed by atoms with Gasteiger partial charge in [0, 0.05) is 35.3 Å². The third-order valence-corrected chi connectivity index (χ3v) is 5.04. The van der Waals surface area contributed by atoms with Crippen LogP contribution >= 0.6 is 11.6 Å². The number of aliphatic carboxylic acids is 1. The number of carboxylic acids is 1. The van der Waals surface area contributed by atoms with E-state index in [-0.39, 0.29) is 18.4 Å². The molecule has 1 aromatic carbocycles. The average molecular weight is 402 g/mol. The van der Waals surface area contributed by atoms with Crippen LogP contribution < -0.4 is 0 Å². The number of benzene rings is 1. The molecular formula is C22H24ClNO4. The molecule has 0 bridgehead atoms. The van der Waals surface area contributed by atoms with Crippen molar-refractivity contribution in [2.45, 2.75) is 38.1 Å². The third kappa shape index (κ3) is 5.64.